The molecule has 1 aromatic heterocycles. The molecule has 0 fully saturated rings. The second-order valence-corrected chi connectivity index (χ2v) is 6.69. The van der Waals surface area contributed by atoms with Crippen molar-refractivity contribution < 1.29 is 4.79 Å². The maximum Gasteiger partial charge on any atom is 0.225 e. The standard InChI is InChI=1S/C18H18ClN3OS/c1-2-3-15-7-4-13(12-20)18(22-15)24-11-10-17(23)21-16-8-5-14(19)6-9-16/h4-9H,2-3,10-11H2,1H3,(H,21,23). The van der Waals surface area contributed by atoms with Gasteiger partial charge in [-0.3, -0.25) is 4.79 Å². The molecule has 0 unspecified atom stereocenters. The van der Waals surface area contributed by atoms with Crippen molar-refractivity contribution in [1.29, 1.82) is 5.26 Å². The third-order valence-electron chi connectivity index (χ3n) is 3.24. The van der Waals surface area contributed by atoms with Crippen molar-refractivity contribution >= 4 is 35.0 Å². The van der Waals surface area contributed by atoms with Gasteiger partial charge in [0, 0.05) is 28.6 Å². The summed E-state index contributed by atoms with van der Waals surface area (Å²) in [5, 5.41) is 13.3. The fourth-order valence-electron chi connectivity index (χ4n) is 2.07. The highest BCUT2D eigenvalue weighted by atomic mass is 35.5. The molecule has 1 heterocycles. The van der Waals surface area contributed by atoms with Crippen molar-refractivity contribution in [1.82, 2.24) is 4.98 Å². The van der Waals surface area contributed by atoms with Crippen LogP contribution in [0.4, 0.5) is 5.69 Å². The van der Waals surface area contributed by atoms with E-state index < -0.39 is 0 Å². The van der Waals surface area contributed by atoms with Crippen molar-refractivity contribution in [3.8, 4) is 6.07 Å². The van der Waals surface area contributed by atoms with Crippen molar-refractivity contribution in [3.63, 3.8) is 0 Å². The highest BCUT2D eigenvalue weighted by Crippen LogP contribution is 2.22. The molecule has 0 aliphatic rings. The van der Waals surface area contributed by atoms with Gasteiger partial charge < -0.3 is 5.32 Å². The number of carbonyl (C=O) groups is 1. The summed E-state index contributed by atoms with van der Waals surface area (Å²) in [7, 11) is 0. The summed E-state index contributed by atoms with van der Waals surface area (Å²) < 4.78 is 0. The average Bonchev–Trinajstić information content (AvgIpc) is 2.57. The first kappa shape index (κ1) is 18.3. The first-order valence-electron chi connectivity index (χ1n) is 7.70. The van der Waals surface area contributed by atoms with E-state index in [0.29, 0.717) is 27.8 Å². The smallest absolute Gasteiger partial charge is 0.225 e. The third-order valence-corrected chi connectivity index (χ3v) is 4.49. The Hall–Kier alpha value is -2.03. The topological polar surface area (TPSA) is 65.8 Å². The van der Waals surface area contributed by atoms with Crippen molar-refractivity contribution in [2.24, 2.45) is 0 Å². The summed E-state index contributed by atoms with van der Waals surface area (Å²) >= 11 is 7.25. The van der Waals surface area contributed by atoms with E-state index in [1.54, 1.807) is 30.3 Å². The molecule has 0 saturated carbocycles. The molecule has 0 aliphatic carbocycles. The minimum atomic E-state index is -0.0759. The number of hydrogen-bond donors (Lipinski definition) is 1. The number of nitriles is 1. The zero-order chi connectivity index (χ0) is 17.4. The number of hydrogen-bond acceptors (Lipinski definition) is 4. The van der Waals surface area contributed by atoms with Gasteiger partial charge in [-0.2, -0.15) is 5.26 Å². The van der Waals surface area contributed by atoms with Crippen LogP contribution in [0.2, 0.25) is 5.02 Å². The SMILES string of the molecule is CCCc1ccc(C#N)c(SCCC(=O)Nc2ccc(Cl)cc2)n1. The number of amides is 1. The number of carbonyl (C=O) groups excluding carboxylic acids is 1. The van der Waals surface area contributed by atoms with Crippen LogP contribution in [0.15, 0.2) is 41.4 Å². The first-order chi connectivity index (χ1) is 11.6. The number of aromatic nitrogens is 1. The number of pyridine rings is 1. The van der Waals surface area contributed by atoms with Crippen LogP contribution in [-0.2, 0) is 11.2 Å². The summed E-state index contributed by atoms with van der Waals surface area (Å²) in [6.07, 6.45) is 2.24. The summed E-state index contributed by atoms with van der Waals surface area (Å²) in [5.74, 6) is 0.490. The quantitative estimate of drug-likeness (QED) is 0.729. The molecule has 1 N–H and O–H groups in total. The van der Waals surface area contributed by atoms with Crippen molar-refractivity contribution in [2.75, 3.05) is 11.1 Å². The molecule has 0 bridgehead atoms. The highest BCUT2D eigenvalue weighted by Gasteiger charge is 2.08. The fraction of sp³-hybridized carbons (Fsp3) is 0.278. The van der Waals surface area contributed by atoms with Crippen LogP contribution in [0, 0.1) is 11.3 Å². The van der Waals surface area contributed by atoms with Gasteiger partial charge >= 0.3 is 0 Å². The Bertz CT molecular complexity index is 741. The van der Waals surface area contributed by atoms with Crippen LogP contribution < -0.4 is 5.32 Å². The van der Waals surface area contributed by atoms with Crippen LogP contribution in [-0.4, -0.2) is 16.6 Å². The van der Waals surface area contributed by atoms with E-state index in [4.69, 9.17) is 11.6 Å². The lowest BCUT2D eigenvalue weighted by Crippen LogP contribution is -2.12. The molecule has 0 radical (unpaired) electrons. The number of benzene rings is 1. The van der Waals surface area contributed by atoms with Crippen LogP contribution in [0.25, 0.3) is 0 Å². The number of nitrogens with zero attached hydrogens (tertiary/aromatic N) is 2. The minimum absolute atomic E-state index is 0.0759. The Morgan fingerprint density at radius 2 is 2.04 bits per heavy atom. The first-order valence-corrected chi connectivity index (χ1v) is 9.07. The van der Waals surface area contributed by atoms with Gasteiger partial charge in [-0.15, -0.1) is 11.8 Å². The number of rotatable bonds is 7. The van der Waals surface area contributed by atoms with E-state index in [2.05, 4.69) is 23.3 Å². The number of aryl methyl sites for hydroxylation is 1. The molecule has 4 nitrogen and oxygen atoms in total. The Labute approximate surface area is 151 Å². The molecule has 2 aromatic rings. The van der Waals surface area contributed by atoms with E-state index >= 15 is 0 Å². The van der Waals surface area contributed by atoms with E-state index in [0.717, 1.165) is 24.2 Å². The molecule has 0 aliphatic heterocycles. The summed E-state index contributed by atoms with van der Waals surface area (Å²) in [6, 6.07) is 12.8. The van der Waals surface area contributed by atoms with Gasteiger partial charge in [-0.05, 0) is 42.8 Å². The molecule has 6 heteroatoms. The number of nitrogens with one attached hydrogen (secondary N) is 1. The zero-order valence-electron chi connectivity index (χ0n) is 13.4. The molecular weight excluding hydrogens is 342 g/mol. The maximum atomic E-state index is 12.0. The van der Waals surface area contributed by atoms with Gasteiger partial charge in [-0.25, -0.2) is 4.98 Å². The minimum Gasteiger partial charge on any atom is -0.326 e. The Kier molecular flexibility index (Phi) is 7.10. The highest BCUT2D eigenvalue weighted by molar-refractivity contribution is 7.99. The number of anilines is 1. The van der Waals surface area contributed by atoms with Crippen LogP contribution >= 0.6 is 23.4 Å². The molecule has 1 aromatic carbocycles. The Morgan fingerprint density at radius 1 is 1.29 bits per heavy atom. The van der Waals surface area contributed by atoms with Gasteiger partial charge in [0.05, 0.1) is 5.56 Å². The van der Waals surface area contributed by atoms with Crippen molar-refractivity contribution in [3.05, 3.63) is 52.7 Å². The lowest BCUT2D eigenvalue weighted by atomic mass is 10.2. The number of halogens is 1. The molecule has 0 saturated heterocycles. The van der Waals surface area contributed by atoms with E-state index in [9.17, 15) is 10.1 Å². The largest absolute Gasteiger partial charge is 0.326 e. The lowest BCUT2D eigenvalue weighted by Gasteiger charge is -2.07. The Balaban J connectivity index is 1.89. The molecular formula is C18H18ClN3OS. The molecule has 24 heavy (non-hydrogen) atoms. The summed E-state index contributed by atoms with van der Waals surface area (Å²) in [4.78, 5) is 16.5. The zero-order valence-corrected chi connectivity index (χ0v) is 15.0. The molecule has 1 amide bonds. The summed E-state index contributed by atoms with van der Waals surface area (Å²) in [6.45, 7) is 2.09. The third kappa shape index (κ3) is 5.55. The maximum absolute atomic E-state index is 12.0. The van der Waals surface area contributed by atoms with Gasteiger partial charge in [0.2, 0.25) is 5.91 Å². The summed E-state index contributed by atoms with van der Waals surface area (Å²) in [5.41, 5.74) is 2.25. The monoisotopic (exact) mass is 359 g/mol. The fourth-order valence-corrected chi connectivity index (χ4v) is 3.12. The Morgan fingerprint density at radius 3 is 2.71 bits per heavy atom. The second kappa shape index (κ2) is 9.31. The molecule has 2 rings (SSSR count). The van der Waals surface area contributed by atoms with E-state index in [-0.39, 0.29) is 5.91 Å². The van der Waals surface area contributed by atoms with Crippen LogP contribution in [0.3, 0.4) is 0 Å². The molecule has 0 spiro atoms. The van der Waals surface area contributed by atoms with E-state index in [1.807, 2.05) is 6.07 Å². The van der Waals surface area contributed by atoms with Gasteiger partial charge in [0.15, 0.2) is 0 Å². The normalized spacial score (nSPS) is 10.2. The molecule has 124 valence electrons. The van der Waals surface area contributed by atoms with Crippen LogP contribution in [0.5, 0.6) is 0 Å². The number of thioether (sulfide) groups is 1. The van der Waals surface area contributed by atoms with E-state index in [1.165, 1.54) is 11.8 Å². The van der Waals surface area contributed by atoms with Crippen LogP contribution in [0.1, 0.15) is 31.0 Å². The second-order valence-electron chi connectivity index (χ2n) is 5.17. The lowest BCUT2D eigenvalue weighted by molar-refractivity contribution is -0.115. The average molecular weight is 360 g/mol. The molecule has 0 atom stereocenters. The van der Waals surface area contributed by atoms with Gasteiger partial charge in [-0.1, -0.05) is 24.9 Å². The van der Waals surface area contributed by atoms with Crippen molar-refractivity contribution in [2.45, 2.75) is 31.2 Å². The van der Waals surface area contributed by atoms with Gasteiger partial charge in [0.25, 0.3) is 0 Å². The predicted molar refractivity (Wildman–Crippen MR) is 98.4 cm³/mol. The predicted octanol–water partition coefficient (Wildman–Crippen LogP) is 4.68. The van der Waals surface area contributed by atoms with Gasteiger partial charge in [0.1, 0.15) is 11.1 Å².